The van der Waals surface area contributed by atoms with E-state index in [0.717, 1.165) is 38.3 Å². The molecular formula is C14H19FN2. The summed E-state index contributed by atoms with van der Waals surface area (Å²) in [6, 6.07) is 6.97. The average Bonchev–Trinajstić information content (AvgIpc) is 2.90. The Kier molecular flexibility index (Phi) is 2.89. The molecule has 3 rings (SSSR count). The van der Waals surface area contributed by atoms with Crippen LogP contribution in [0.5, 0.6) is 0 Å². The van der Waals surface area contributed by atoms with Crippen LogP contribution in [-0.4, -0.2) is 31.1 Å². The van der Waals surface area contributed by atoms with E-state index < -0.39 is 0 Å². The van der Waals surface area contributed by atoms with Crippen LogP contribution in [0.3, 0.4) is 0 Å². The van der Waals surface area contributed by atoms with Crippen molar-refractivity contribution in [3.05, 3.63) is 35.6 Å². The first-order valence-corrected chi connectivity index (χ1v) is 6.43. The molecule has 2 heterocycles. The fraction of sp³-hybridized carbons (Fsp3) is 0.571. The van der Waals surface area contributed by atoms with Crippen LogP contribution in [0.1, 0.15) is 18.4 Å². The number of nitrogens with one attached hydrogen (secondary N) is 1. The summed E-state index contributed by atoms with van der Waals surface area (Å²) in [5.41, 5.74) is 1.60. The van der Waals surface area contributed by atoms with E-state index in [1.807, 2.05) is 6.07 Å². The molecule has 1 atom stereocenters. The normalized spacial score (nSPS) is 29.2. The summed E-state index contributed by atoms with van der Waals surface area (Å²) >= 11 is 0. The van der Waals surface area contributed by atoms with Crippen molar-refractivity contribution in [1.82, 2.24) is 10.2 Å². The van der Waals surface area contributed by atoms with Crippen LogP contribution < -0.4 is 5.32 Å². The molecule has 0 radical (unpaired) electrons. The van der Waals surface area contributed by atoms with Crippen molar-refractivity contribution in [3.8, 4) is 0 Å². The summed E-state index contributed by atoms with van der Waals surface area (Å²) in [6.07, 6.45) is 2.59. The molecule has 0 amide bonds. The largest absolute Gasteiger partial charge is 0.316 e. The number of halogens is 1. The summed E-state index contributed by atoms with van der Waals surface area (Å²) < 4.78 is 13.1. The Morgan fingerprint density at radius 1 is 1.35 bits per heavy atom. The van der Waals surface area contributed by atoms with Gasteiger partial charge >= 0.3 is 0 Å². The monoisotopic (exact) mass is 234 g/mol. The van der Waals surface area contributed by atoms with E-state index >= 15 is 0 Å². The molecule has 2 nitrogen and oxygen atoms in total. The van der Waals surface area contributed by atoms with Crippen LogP contribution in [0.15, 0.2) is 24.3 Å². The summed E-state index contributed by atoms with van der Waals surface area (Å²) in [7, 11) is 0. The molecule has 17 heavy (non-hydrogen) atoms. The van der Waals surface area contributed by atoms with Gasteiger partial charge in [-0.1, -0.05) is 12.1 Å². The Balaban J connectivity index is 1.64. The quantitative estimate of drug-likeness (QED) is 0.842. The van der Waals surface area contributed by atoms with Gasteiger partial charge in [-0.25, -0.2) is 4.39 Å². The maximum absolute atomic E-state index is 13.1. The zero-order chi connectivity index (χ0) is 11.7. The van der Waals surface area contributed by atoms with E-state index in [1.165, 1.54) is 18.9 Å². The highest BCUT2D eigenvalue weighted by Crippen LogP contribution is 2.36. The molecule has 2 fully saturated rings. The smallest absolute Gasteiger partial charge is 0.123 e. The third-order valence-electron chi connectivity index (χ3n) is 4.14. The lowest BCUT2D eigenvalue weighted by atomic mass is 9.86. The van der Waals surface area contributed by atoms with Gasteiger partial charge < -0.3 is 5.32 Å². The van der Waals surface area contributed by atoms with Gasteiger partial charge in [0.15, 0.2) is 0 Å². The lowest BCUT2D eigenvalue weighted by Gasteiger charge is -2.22. The fourth-order valence-corrected chi connectivity index (χ4v) is 3.20. The third kappa shape index (κ3) is 2.35. The van der Waals surface area contributed by atoms with Crippen molar-refractivity contribution in [2.45, 2.75) is 19.4 Å². The average molecular weight is 234 g/mol. The molecule has 2 saturated heterocycles. The molecule has 0 aliphatic carbocycles. The van der Waals surface area contributed by atoms with Gasteiger partial charge in [-0.15, -0.1) is 0 Å². The van der Waals surface area contributed by atoms with Crippen molar-refractivity contribution in [2.75, 3.05) is 26.2 Å². The number of rotatable bonds is 2. The lowest BCUT2D eigenvalue weighted by Crippen LogP contribution is -2.28. The van der Waals surface area contributed by atoms with Gasteiger partial charge in [0.2, 0.25) is 0 Å². The van der Waals surface area contributed by atoms with Crippen LogP contribution in [0.25, 0.3) is 0 Å². The molecule has 1 aromatic carbocycles. The molecular weight excluding hydrogens is 215 g/mol. The van der Waals surface area contributed by atoms with E-state index in [4.69, 9.17) is 0 Å². The molecule has 3 heteroatoms. The molecule has 1 N–H and O–H groups in total. The van der Waals surface area contributed by atoms with Gasteiger partial charge in [-0.2, -0.15) is 0 Å². The van der Waals surface area contributed by atoms with Crippen molar-refractivity contribution >= 4 is 0 Å². The lowest BCUT2D eigenvalue weighted by molar-refractivity contribution is 0.268. The predicted octanol–water partition coefficient (Wildman–Crippen LogP) is 2.01. The predicted molar refractivity (Wildman–Crippen MR) is 66.2 cm³/mol. The second-order valence-corrected chi connectivity index (χ2v) is 5.52. The topological polar surface area (TPSA) is 15.3 Å². The Labute approximate surface area is 102 Å². The molecule has 0 bridgehead atoms. The van der Waals surface area contributed by atoms with Crippen LogP contribution in [0.2, 0.25) is 0 Å². The summed E-state index contributed by atoms with van der Waals surface area (Å²) in [4.78, 5) is 2.46. The molecule has 1 spiro atoms. The first kappa shape index (κ1) is 11.2. The van der Waals surface area contributed by atoms with Crippen LogP contribution in [0.4, 0.5) is 4.39 Å². The van der Waals surface area contributed by atoms with E-state index in [1.54, 1.807) is 12.1 Å². The summed E-state index contributed by atoms with van der Waals surface area (Å²) in [6.45, 7) is 5.52. The second kappa shape index (κ2) is 4.39. The minimum absolute atomic E-state index is 0.126. The van der Waals surface area contributed by atoms with Gasteiger partial charge in [0.05, 0.1) is 0 Å². The summed E-state index contributed by atoms with van der Waals surface area (Å²) in [5.74, 6) is -0.126. The summed E-state index contributed by atoms with van der Waals surface area (Å²) in [5, 5.41) is 3.46. The maximum Gasteiger partial charge on any atom is 0.123 e. The maximum atomic E-state index is 13.1. The number of hydrogen-bond donors (Lipinski definition) is 1. The van der Waals surface area contributed by atoms with Gasteiger partial charge in [0.25, 0.3) is 0 Å². The fourth-order valence-electron chi connectivity index (χ4n) is 3.20. The molecule has 92 valence electrons. The van der Waals surface area contributed by atoms with Crippen molar-refractivity contribution < 1.29 is 4.39 Å². The van der Waals surface area contributed by atoms with E-state index in [0.29, 0.717) is 5.41 Å². The van der Waals surface area contributed by atoms with Gasteiger partial charge in [-0.05, 0) is 49.0 Å². The zero-order valence-corrected chi connectivity index (χ0v) is 10.1. The van der Waals surface area contributed by atoms with Crippen LogP contribution >= 0.6 is 0 Å². The molecule has 1 aromatic rings. The van der Waals surface area contributed by atoms with Gasteiger partial charge in [-0.3, -0.25) is 4.90 Å². The number of benzene rings is 1. The second-order valence-electron chi connectivity index (χ2n) is 5.52. The molecule has 0 aromatic heterocycles. The third-order valence-corrected chi connectivity index (χ3v) is 4.14. The first-order valence-electron chi connectivity index (χ1n) is 6.43. The van der Waals surface area contributed by atoms with Crippen molar-refractivity contribution in [3.63, 3.8) is 0 Å². The number of likely N-dealkylation sites (tertiary alicyclic amines) is 1. The standard InChI is InChI=1S/C14H19FN2/c15-13-3-1-2-12(8-13)9-17-7-5-14(11-17)4-6-16-10-14/h1-3,8,16H,4-7,9-11H2. The Hall–Kier alpha value is -0.930. The highest BCUT2D eigenvalue weighted by molar-refractivity contribution is 5.16. The minimum atomic E-state index is -0.126. The van der Waals surface area contributed by atoms with Gasteiger partial charge in [0, 0.05) is 19.6 Å². The highest BCUT2D eigenvalue weighted by atomic mass is 19.1. The van der Waals surface area contributed by atoms with E-state index in [9.17, 15) is 4.39 Å². The number of nitrogens with zero attached hydrogens (tertiary/aromatic N) is 1. The Morgan fingerprint density at radius 3 is 3.06 bits per heavy atom. The number of hydrogen-bond acceptors (Lipinski definition) is 2. The molecule has 2 aliphatic rings. The SMILES string of the molecule is Fc1cccc(CN2CCC3(CCNC3)C2)c1. The Bertz CT molecular complexity index is 399. The van der Waals surface area contributed by atoms with Crippen LogP contribution in [-0.2, 0) is 6.54 Å². The van der Waals surface area contributed by atoms with Gasteiger partial charge in [0.1, 0.15) is 5.82 Å². The minimum Gasteiger partial charge on any atom is -0.316 e. The van der Waals surface area contributed by atoms with E-state index in [2.05, 4.69) is 10.2 Å². The molecule has 1 unspecified atom stereocenters. The molecule has 0 saturated carbocycles. The van der Waals surface area contributed by atoms with Crippen molar-refractivity contribution in [1.29, 1.82) is 0 Å². The zero-order valence-electron chi connectivity index (χ0n) is 10.1. The Morgan fingerprint density at radius 2 is 2.29 bits per heavy atom. The molecule has 2 aliphatic heterocycles. The highest BCUT2D eigenvalue weighted by Gasteiger charge is 2.39. The van der Waals surface area contributed by atoms with Crippen molar-refractivity contribution in [2.24, 2.45) is 5.41 Å². The first-order chi connectivity index (χ1) is 8.26. The van der Waals surface area contributed by atoms with E-state index in [-0.39, 0.29) is 5.82 Å². The van der Waals surface area contributed by atoms with Crippen LogP contribution in [0, 0.1) is 11.2 Å².